The topological polar surface area (TPSA) is 37.9 Å². The Hall–Kier alpha value is -2.10. The molecule has 0 aliphatic heterocycles. The maximum Gasteiger partial charge on any atom is 0.213 e. The number of halogens is 1. The van der Waals surface area contributed by atoms with E-state index in [-0.39, 0.29) is 0 Å². The smallest absolute Gasteiger partial charge is 0.213 e. The fourth-order valence-corrected chi connectivity index (χ4v) is 1.85. The summed E-state index contributed by atoms with van der Waals surface area (Å²) < 4.78 is 18.2. The zero-order valence-corrected chi connectivity index (χ0v) is 8.62. The first kappa shape index (κ1) is 9.15. The standard InChI is InChI=1S/C12H9FN2O/c1-16-7-2-3-8-10(6-7)14-9-4-5-11(13)15-12(8)9/h2-6,14H,1H3. The molecule has 3 aromatic rings. The van der Waals surface area contributed by atoms with Crippen LogP contribution in [0.1, 0.15) is 0 Å². The Morgan fingerprint density at radius 2 is 2.06 bits per heavy atom. The lowest BCUT2D eigenvalue weighted by Gasteiger charge is -1.97. The second-order valence-corrected chi connectivity index (χ2v) is 3.57. The monoisotopic (exact) mass is 216 g/mol. The molecule has 0 aliphatic carbocycles. The third kappa shape index (κ3) is 1.23. The van der Waals surface area contributed by atoms with Crippen molar-refractivity contribution in [2.24, 2.45) is 0 Å². The highest BCUT2D eigenvalue weighted by atomic mass is 19.1. The zero-order valence-electron chi connectivity index (χ0n) is 8.62. The summed E-state index contributed by atoms with van der Waals surface area (Å²) in [7, 11) is 1.61. The second-order valence-electron chi connectivity index (χ2n) is 3.57. The summed E-state index contributed by atoms with van der Waals surface area (Å²) in [6.45, 7) is 0. The SMILES string of the molecule is COc1ccc2c(c1)[nH]c1ccc(F)nc12. The fourth-order valence-electron chi connectivity index (χ4n) is 1.85. The fraction of sp³-hybridized carbons (Fsp3) is 0.0833. The highest BCUT2D eigenvalue weighted by Crippen LogP contribution is 2.26. The summed E-state index contributed by atoms with van der Waals surface area (Å²) in [6, 6.07) is 8.61. The molecule has 0 unspecified atom stereocenters. The van der Waals surface area contributed by atoms with Gasteiger partial charge >= 0.3 is 0 Å². The molecule has 1 aromatic carbocycles. The summed E-state index contributed by atoms with van der Waals surface area (Å²) in [5.41, 5.74) is 2.37. The predicted octanol–water partition coefficient (Wildman–Crippen LogP) is 2.86. The van der Waals surface area contributed by atoms with E-state index in [2.05, 4.69) is 9.97 Å². The Kier molecular flexibility index (Phi) is 1.83. The summed E-state index contributed by atoms with van der Waals surface area (Å²) in [5.74, 6) is 0.295. The summed E-state index contributed by atoms with van der Waals surface area (Å²) in [4.78, 5) is 7.05. The van der Waals surface area contributed by atoms with Crippen LogP contribution in [0.5, 0.6) is 5.75 Å². The molecule has 0 bridgehead atoms. The van der Waals surface area contributed by atoms with Gasteiger partial charge < -0.3 is 9.72 Å². The molecule has 0 radical (unpaired) electrons. The van der Waals surface area contributed by atoms with Crippen LogP contribution in [0.2, 0.25) is 0 Å². The predicted molar refractivity (Wildman–Crippen MR) is 60.1 cm³/mol. The van der Waals surface area contributed by atoms with E-state index in [1.165, 1.54) is 6.07 Å². The molecule has 1 N–H and O–H groups in total. The Labute approximate surface area is 90.9 Å². The lowest BCUT2D eigenvalue weighted by Crippen LogP contribution is -1.82. The molecular weight excluding hydrogens is 207 g/mol. The Morgan fingerprint density at radius 1 is 1.19 bits per heavy atom. The van der Waals surface area contributed by atoms with Crippen molar-refractivity contribution in [2.75, 3.05) is 7.11 Å². The highest BCUT2D eigenvalue weighted by Gasteiger charge is 2.07. The molecule has 0 saturated carbocycles. The molecule has 0 aliphatic rings. The van der Waals surface area contributed by atoms with Crippen LogP contribution in [0.25, 0.3) is 21.9 Å². The number of rotatable bonds is 1. The van der Waals surface area contributed by atoms with Gasteiger partial charge in [0.1, 0.15) is 5.75 Å². The molecule has 80 valence electrons. The zero-order chi connectivity index (χ0) is 11.1. The Morgan fingerprint density at radius 3 is 2.88 bits per heavy atom. The van der Waals surface area contributed by atoms with Gasteiger partial charge in [0, 0.05) is 11.5 Å². The van der Waals surface area contributed by atoms with Crippen molar-refractivity contribution in [3.8, 4) is 5.75 Å². The van der Waals surface area contributed by atoms with E-state index in [1.807, 2.05) is 18.2 Å². The lowest BCUT2D eigenvalue weighted by molar-refractivity contribution is 0.415. The van der Waals surface area contributed by atoms with Gasteiger partial charge in [-0.25, -0.2) is 4.98 Å². The van der Waals surface area contributed by atoms with Gasteiger partial charge in [-0.3, -0.25) is 0 Å². The molecule has 0 fully saturated rings. The number of H-pyrrole nitrogens is 1. The molecule has 16 heavy (non-hydrogen) atoms. The van der Waals surface area contributed by atoms with Crippen molar-refractivity contribution in [1.29, 1.82) is 0 Å². The first-order chi connectivity index (χ1) is 7.78. The van der Waals surface area contributed by atoms with Crippen LogP contribution in [0.3, 0.4) is 0 Å². The molecule has 0 amide bonds. The van der Waals surface area contributed by atoms with Crippen molar-refractivity contribution in [3.05, 3.63) is 36.3 Å². The van der Waals surface area contributed by atoms with Gasteiger partial charge in [-0.05, 0) is 24.3 Å². The van der Waals surface area contributed by atoms with E-state index in [0.717, 1.165) is 22.2 Å². The average Bonchev–Trinajstić information content (AvgIpc) is 2.66. The summed E-state index contributed by atoms with van der Waals surface area (Å²) in [5, 5.41) is 0.898. The minimum Gasteiger partial charge on any atom is -0.497 e. The second kappa shape index (κ2) is 3.20. The molecular formula is C12H9FN2O. The molecule has 0 spiro atoms. The van der Waals surface area contributed by atoms with Gasteiger partial charge in [0.25, 0.3) is 0 Å². The van der Waals surface area contributed by atoms with Crippen LogP contribution in [0.15, 0.2) is 30.3 Å². The molecule has 4 heteroatoms. The molecule has 0 saturated heterocycles. The van der Waals surface area contributed by atoms with Crippen molar-refractivity contribution in [3.63, 3.8) is 0 Å². The molecule has 2 heterocycles. The van der Waals surface area contributed by atoms with Gasteiger partial charge in [0.15, 0.2) is 0 Å². The Bertz CT molecular complexity index is 675. The number of nitrogens with one attached hydrogen (secondary N) is 1. The number of hydrogen-bond acceptors (Lipinski definition) is 2. The largest absolute Gasteiger partial charge is 0.497 e. The van der Waals surface area contributed by atoms with Gasteiger partial charge in [-0.1, -0.05) is 0 Å². The molecule has 2 aromatic heterocycles. The van der Waals surface area contributed by atoms with Crippen LogP contribution < -0.4 is 4.74 Å². The number of aromatic nitrogens is 2. The molecule has 3 nitrogen and oxygen atoms in total. The van der Waals surface area contributed by atoms with Crippen LogP contribution in [-0.2, 0) is 0 Å². The van der Waals surface area contributed by atoms with Gasteiger partial charge in [-0.15, -0.1) is 0 Å². The van der Waals surface area contributed by atoms with Crippen molar-refractivity contribution in [2.45, 2.75) is 0 Å². The third-order valence-corrected chi connectivity index (χ3v) is 2.61. The van der Waals surface area contributed by atoms with Crippen LogP contribution >= 0.6 is 0 Å². The first-order valence-electron chi connectivity index (χ1n) is 4.90. The third-order valence-electron chi connectivity index (χ3n) is 2.61. The van der Waals surface area contributed by atoms with Gasteiger partial charge in [0.05, 0.1) is 23.7 Å². The number of benzene rings is 1. The number of hydrogen-bond donors (Lipinski definition) is 1. The minimum atomic E-state index is -0.468. The van der Waals surface area contributed by atoms with Crippen molar-refractivity contribution >= 4 is 21.9 Å². The quantitative estimate of drug-likeness (QED) is 0.635. The van der Waals surface area contributed by atoms with E-state index in [0.29, 0.717) is 5.52 Å². The number of pyridine rings is 1. The van der Waals surface area contributed by atoms with E-state index in [4.69, 9.17) is 4.74 Å². The maximum absolute atomic E-state index is 13.0. The van der Waals surface area contributed by atoms with Crippen molar-refractivity contribution < 1.29 is 9.13 Å². The highest BCUT2D eigenvalue weighted by molar-refractivity contribution is 6.05. The average molecular weight is 216 g/mol. The molecule has 3 rings (SSSR count). The number of fused-ring (bicyclic) bond motifs is 3. The number of nitrogens with zero attached hydrogens (tertiary/aromatic N) is 1. The number of methoxy groups -OCH3 is 1. The summed E-state index contributed by atoms with van der Waals surface area (Å²) >= 11 is 0. The first-order valence-corrected chi connectivity index (χ1v) is 4.90. The van der Waals surface area contributed by atoms with Gasteiger partial charge in [0.2, 0.25) is 5.95 Å². The van der Waals surface area contributed by atoms with Crippen LogP contribution in [-0.4, -0.2) is 17.1 Å². The van der Waals surface area contributed by atoms with E-state index < -0.39 is 5.95 Å². The van der Waals surface area contributed by atoms with Crippen molar-refractivity contribution in [1.82, 2.24) is 9.97 Å². The molecule has 0 atom stereocenters. The van der Waals surface area contributed by atoms with E-state index in [9.17, 15) is 4.39 Å². The minimum absolute atomic E-state index is 0.468. The van der Waals surface area contributed by atoms with Gasteiger partial charge in [-0.2, -0.15) is 4.39 Å². The van der Waals surface area contributed by atoms with Crippen LogP contribution in [0, 0.1) is 5.95 Å². The normalized spacial score (nSPS) is 11.1. The Balaban J connectivity index is 2.41. The number of aromatic amines is 1. The van der Waals surface area contributed by atoms with E-state index >= 15 is 0 Å². The maximum atomic E-state index is 13.0. The number of ether oxygens (including phenoxy) is 1. The van der Waals surface area contributed by atoms with E-state index in [1.54, 1.807) is 13.2 Å². The van der Waals surface area contributed by atoms with Crippen LogP contribution in [0.4, 0.5) is 4.39 Å². The summed E-state index contributed by atoms with van der Waals surface area (Å²) in [6.07, 6.45) is 0. The lowest BCUT2D eigenvalue weighted by atomic mass is 10.2.